The van der Waals surface area contributed by atoms with Crippen molar-refractivity contribution in [3.05, 3.63) is 90.5 Å². The fourth-order valence-corrected chi connectivity index (χ4v) is 4.02. The predicted molar refractivity (Wildman–Crippen MR) is 109 cm³/mol. The Bertz CT molecular complexity index is 1180. The first-order chi connectivity index (χ1) is 12.3. The van der Waals surface area contributed by atoms with Crippen molar-refractivity contribution in [1.82, 2.24) is 0 Å². The molecule has 3 heteroatoms. The SMILES string of the molecule is CCc1cc2c(-c3c4ccccc4cc4ccccc34)cccc2[cH-]1.[Cl-].[Cl-].[Zr+3]. The first kappa shape index (κ1) is 22.8. The second kappa shape index (κ2) is 9.31. The summed E-state index contributed by atoms with van der Waals surface area (Å²) in [5.74, 6) is 0. The van der Waals surface area contributed by atoms with E-state index in [1.54, 1.807) is 0 Å². The van der Waals surface area contributed by atoms with Crippen molar-refractivity contribution in [1.29, 1.82) is 0 Å². The largest absolute Gasteiger partial charge is 3.00 e. The molecule has 0 aromatic heterocycles. The van der Waals surface area contributed by atoms with E-state index in [2.05, 4.69) is 91.9 Å². The molecule has 0 nitrogen and oxygen atoms in total. The molecule has 0 N–H and O–H groups in total. The van der Waals surface area contributed by atoms with Crippen LogP contribution in [0.2, 0.25) is 0 Å². The van der Waals surface area contributed by atoms with Crippen LogP contribution in [0.3, 0.4) is 0 Å². The molecule has 0 aliphatic rings. The van der Waals surface area contributed by atoms with Gasteiger partial charge >= 0.3 is 26.2 Å². The van der Waals surface area contributed by atoms with Gasteiger partial charge in [-0.3, -0.25) is 0 Å². The molecule has 0 saturated carbocycles. The Labute approximate surface area is 197 Å². The molecule has 0 unspecified atom stereocenters. The van der Waals surface area contributed by atoms with E-state index in [4.69, 9.17) is 0 Å². The van der Waals surface area contributed by atoms with E-state index < -0.39 is 0 Å². The first-order valence-corrected chi connectivity index (χ1v) is 8.94. The Balaban J connectivity index is 0.000000934. The summed E-state index contributed by atoms with van der Waals surface area (Å²) in [6.07, 6.45) is 1.07. The average Bonchev–Trinajstić information content (AvgIpc) is 3.10. The summed E-state index contributed by atoms with van der Waals surface area (Å²) in [7, 11) is 0. The van der Waals surface area contributed by atoms with Gasteiger partial charge in [0.2, 0.25) is 0 Å². The van der Waals surface area contributed by atoms with E-state index >= 15 is 0 Å². The van der Waals surface area contributed by atoms with Gasteiger partial charge < -0.3 is 24.8 Å². The first-order valence-electron chi connectivity index (χ1n) is 8.94. The van der Waals surface area contributed by atoms with Crippen molar-refractivity contribution in [3.63, 3.8) is 0 Å². The van der Waals surface area contributed by atoms with Crippen molar-refractivity contribution in [2.75, 3.05) is 0 Å². The second-order valence-electron chi connectivity index (χ2n) is 6.72. The number of hydrogen-bond acceptors (Lipinski definition) is 0. The van der Waals surface area contributed by atoms with E-state index in [1.807, 2.05) is 0 Å². The predicted octanol–water partition coefficient (Wildman–Crippen LogP) is 1.10. The summed E-state index contributed by atoms with van der Waals surface area (Å²) in [5.41, 5.74) is 4.10. The van der Waals surface area contributed by atoms with Crippen LogP contribution < -0.4 is 24.8 Å². The number of benzene rings is 4. The summed E-state index contributed by atoms with van der Waals surface area (Å²) in [4.78, 5) is 0. The Morgan fingerprint density at radius 3 is 1.89 bits per heavy atom. The summed E-state index contributed by atoms with van der Waals surface area (Å²) in [5, 5.41) is 7.96. The zero-order chi connectivity index (χ0) is 16.8. The molecular weight excluding hydrogens is 462 g/mol. The molecular formula is C25H19Cl2Zr. The zero-order valence-electron chi connectivity index (χ0n) is 15.5. The van der Waals surface area contributed by atoms with Gasteiger partial charge in [-0.1, -0.05) is 67.1 Å². The molecule has 5 aromatic rings. The normalized spacial score (nSPS) is 10.3. The Hall–Kier alpha value is -1.53. The maximum atomic E-state index is 2.36. The van der Waals surface area contributed by atoms with E-state index in [9.17, 15) is 0 Å². The minimum atomic E-state index is 0. The summed E-state index contributed by atoms with van der Waals surface area (Å²) >= 11 is 0. The van der Waals surface area contributed by atoms with E-state index in [1.165, 1.54) is 49.0 Å². The number of rotatable bonds is 2. The quantitative estimate of drug-likeness (QED) is 0.262. The molecule has 5 rings (SSSR count). The molecule has 0 aliphatic heterocycles. The molecule has 5 aromatic carbocycles. The number of aryl methyl sites for hydroxylation is 1. The van der Waals surface area contributed by atoms with Gasteiger partial charge in [-0.05, 0) is 39.6 Å². The molecule has 0 amide bonds. The summed E-state index contributed by atoms with van der Waals surface area (Å²) in [6, 6.07) is 31.1. The van der Waals surface area contributed by atoms with Gasteiger partial charge in [0.25, 0.3) is 0 Å². The molecule has 137 valence electrons. The Morgan fingerprint density at radius 2 is 1.29 bits per heavy atom. The standard InChI is InChI=1S/C25H19.2ClH.Zr/c1-2-17-14-18-10-7-13-23(24(18)15-17)25-21-11-5-3-8-19(21)16-20-9-4-6-12-22(20)25;;;/h3-16H,2H2,1H3;2*1H;/q-1;;;+3/p-2. The van der Waals surface area contributed by atoms with Gasteiger partial charge in [0.1, 0.15) is 0 Å². The smallest absolute Gasteiger partial charge is 1.00 e. The van der Waals surface area contributed by atoms with Crippen molar-refractivity contribution in [2.45, 2.75) is 13.3 Å². The van der Waals surface area contributed by atoms with Gasteiger partial charge in [-0.15, -0.1) is 34.5 Å². The van der Waals surface area contributed by atoms with Crippen LogP contribution in [0.5, 0.6) is 0 Å². The van der Waals surface area contributed by atoms with Gasteiger partial charge in [0, 0.05) is 0 Å². The molecule has 0 heterocycles. The molecule has 28 heavy (non-hydrogen) atoms. The van der Waals surface area contributed by atoms with Crippen LogP contribution >= 0.6 is 0 Å². The van der Waals surface area contributed by atoms with Crippen LogP contribution in [-0.2, 0) is 32.6 Å². The summed E-state index contributed by atoms with van der Waals surface area (Å²) < 4.78 is 0. The number of hydrogen-bond donors (Lipinski definition) is 0. The van der Waals surface area contributed by atoms with Crippen molar-refractivity contribution in [3.8, 4) is 11.1 Å². The number of fused-ring (bicyclic) bond motifs is 3. The van der Waals surface area contributed by atoms with Crippen LogP contribution in [0.4, 0.5) is 0 Å². The topological polar surface area (TPSA) is 0 Å². The maximum absolute atomic E-state index is 2.36. The van der Waals surface area contributed by atoms with E-state index in [-0.39, 0.29) is 51.0 Å². The van der Waals surface area contributed by atoms with E-state index in [0.717, 1.165) is 6.42 Å². The molecule has 0 bridgehead atoms. The van der Waals surface area contributed by atoms with Gasteiger partial charge in [-0.2, -0.15) is 6.07 Å². The number of halogens is 2. The monoisotopic (exact) mass is 479 g/mol. The molecule has 0 fully saturated rings. The molecule has 0 spiro atoms. The molecule has 0 atom stereocenters. The van der Waals surface area contributed by atoms with Crippen LogP contribution in [0, 0.1) is 0 Å². The summed E-state index contributed by atoms with van der Waals surface area (Å²) in [6.45, 7) is 2.22. The van der Waals surface area contributed by atoms with Crippen LogP contribution in [0.25, 0.3) is 43.4 Å². The third kappa shape index (κ3) is 3.69. The van der Waals surface area contributed by atoms with E-state index in [0.29, 0.717) is 0 Å². The Morgan fingerprint density at radius 1 is 0.679 bits per heavy atom. The molecule has 0 saturated heterocycles. The van der Waals surface area contributed by atoms with Crippen LogP contribution in [0.15, 0.2) is 84.9 Å². The maximum Gasteiger partial charge on any atom is 3.00 e. The molecule has 1 radical (unpaired) electrons. The van der Waals surface area contributed by atoms with Crippen LogP contribution in [0.1, 0.15) is 12.5 Å². The zero-order valence-corrected chi connectivity index (χ0v) is 19.5. The van der Waals surface area contributed by atoms with Crippen molar-refractivity contribution in [2.24, 2.45) is 0 Å². The van der Waals surface area contributed by atoms with Gasteiger partial charge in [0.15, 0.2) is 0 Å². The Kier molecular flexibility index (Phi) is 7.57. The fourth-order valence-electron chi connectivity index (χ4n) is 4.02. The average molecular weight is 482 g/mol. The minimum absolute atomic E-state index is 0. The molecule has 0 aliphatic carbocycles. The van der Waals surface area contributed by atoms with Crippen molar-refractivity contribution >= 4 is 32.3 Å². The van der Waals surface area contributed by atoms with Gasteiger partial charge in [-0.25, -0.2) is 0 Å². The second-order valence-corrected chi connectivity index (χ2v) is 6.72. The minimum Gasteiger partial charge on any atom is -1.00 e. The van der Waals surface area contributed by atoms with Crippen LogP contribution in [-0.4, -0.2) is 0 Å². The van der Waals surface area contributed by atoms with Crippen molar-refractivity contribution < 1.29 is 51.0 Å². The van der Waals surface area contributed by atoms with Gasteiger partial charge in [0.05, 0.1) is 0 Å². The third-order valence-electron chi connectivity index (χ3n) is 5.26. The fraction of sp³-hybridized carbons (Fsp3) is 0.0800. The third-order valence-corrected chi connectivity index (χ3v) is 5.26.